The molecule has 8 nitrogen and oxygen atoms in total. The van der Waals surface area contributed by atoms with Gasteiger partial charge in [0.1, 0.15) is 6.10 Å². The molecule has 6 rings (SSSR count). The maximum Gasteiger partial charge on any atom is 0.298 e. The summed E-state index contributed by atoms with van der Waals surface area (Å²) >= 11 is 0. The number of piperazine rings is 1. The smallest absolute Gasteiger partial charge is 0.298 e. The average Bonchev–Trinajstić information content (AvgIpc) is 3.50. The maximum absolute atomic E-state index is 15.1. The van der Waals surface area contributed by atoms with Crippen LogP contribution in [0.4, 0.5) is 20.3 Å². The van der Waals surface area contributed by atoms with Crippen LogP contribution < -0.4 is 10.2 Å². The summed E-state index contributed by atoms with van der Waals surface area (Å²) in [6, 6.07) is 8.79. The van der Waals surface area contributed by atoms with Crippen LogP contribution >= 0.6 is 0 Å². The Hall–Kier alpha value is -2.95. The first kappa shape index (κ1) is 25.3. The molecule has 3 saturated heterocycles. The van der Waals surface area contributed by atoms with Gasteiger partial charge in [-0.05, 0) is 44.4 Å². The monoisotopic (exact) mass is 524 g/mol. The highest BCUT2D eigenvalue weighted by Crippen LogP contribution is 2.39. The highest BCUT2D eigenvalue weighted by Gasteiger charge is 2.44. The lowest BCUT2D eigenvalue weighted by atomic mass is 9.97. The molecule has 3 aromatic rings. The van der Waals surface area contributed by atoms with E-state index in [0.717, 1.165) is 67.2 Å². The van der Waals surface area contributed by atoms with Crippen molar-refractivity contribution in [1.29, 1.82) is 0 Å². The third-order valence-corrected chi connectivity index (χ3v) is 8.03. The molecule has 2 aromatic heterocycles. The SMILES string of the molecule is Cc1nnc(N[C@H](C)c2cccc(C(F)(F)C3CCCO3)c2)c2cc(N3CCN4CCOC[C@@H]4C3)cnc12. The van der Waals surface area contributed by atoms with Gasteiger partial charge in [0.25, 0.3) is 5.92 Å². The van der Waals surface area contributed by atoms with E-state index < -0.39 is 12.0 Å². The van der Waals surface area contributed by atoms with Crippen molar-refractivity contribution >= 4 is 22.4 Å². The second-order valence-electron chi connectivity index (χ2n) is 10.6. The third-order valence-electron chi connectivity index (χ3n) is 8.03. The van der Waals surface area contributed by atoms with Gasteiger partial charge in [0.15, 0.2) is 5.82 Å². The van der Waals surface area contributed by atoms with Crippen LogP contribution in [0.2, 0.25) is 0 Å². The fourth-order valence-electron chi connectivity index (χ4n) is 5.76. The zero-order valence-corrected chi connectivity index (χ0v) is 21.9. The first-order chi connectivity index (χ1) is 18.4. The van der Waals surface area contributed by atoms with Crippen molar-refractivity contribution in [2.75, 3.05) is 56.2 Å². The number of aromatic nitrogens is 3. The Balaban J connectivity index is 1.26. The third kappa shape index (κ3) is 4.81. The number of benzene rings is 1. The standard InChI is InChI=1S/C28H34F2N6O2/c1-18(20-5-3-6-21(13-20)28(29,30)25-7-4-11-38-25)32-27-24-14-22(15-31-26(24)19(2)33-34-27)36-9-8-35-10-12-37-17-23(35)16-36/h3,5-6,13-15,18,23,25H,4,7-12,16-17H2,1-2H3,(H,32,34)/t18-,23+,25?/m1/s1. The summed E-state index contributed by atoms with van der Waals surface area (Å²) < 4.78 is 41.3. The number of rotatable bonds is 6. The summed E-state index contributed by atoms with van der Waals surface area (Å²) in [5.41, 5.74) is 3.27. The zero-order chi connectivity index (χ0) is 26.3. The molecule has 0 saturated carbocycles. The largest absolute Gasteiger partial charge is 0.378 e. The van der Waals surface area contributed by atoms with E-state index in [4.69, 9.17) is 14.5 Å². The first-order valence-electron chi connectivity index (χ1n) is 13.5. The first-order valence-corrected chi connectivity index (χ1v) is 13.5. The Morgan fingerprint density at radius 1 is 1.13 bits per heavy atom. The van der Waals surface area contributed by atoms with Crippen LogP contribution in [0.5, 0.6) is 0 Å². The topological polar surface area (TPSA) is 75.6 Å². The van der Waals surface area contributed by atoms with E-state index in [9.17, 15) is 0 Å². The number of alkyl halides is 2. The summed E-state index contributed by atoms with van der Waals surface area (Å²) in [5.74, 6) is -2.45. The van der Waals surface area contributed by atoms with Crippen LogP contribution in [0.1, 0.15) is 42.6 Å². The van der Waals surface area contributed by atoms with Gasteiger partial charge in [0.05, 0.1) is 48.4 Å². The molecule has 3 fully saturated rings. The molecular formula is C28H34F2N6O2. The molecule has 0 amide bonds. The molecule has 5 heterocycles. The molecule has 1 N–H and O–H groups in total. The van der Waals surface area contributed by atoms with Crippen molar-refractivity contribution in [1.82, 2.24) is 20.1 Å². The van der Waals surface area contributed by atoms with Gasteiger partial charge in [-0.25, -0.2) is 0 Å². The van der Waals surface area contributed by atoms with E-state index in [2.05, 4.69) is 31.4 Å². The van der Waals surface area contributed by atoms with Gasteiger partial charge >= 0.3 is 0 Å². The van der Waals surface area contributed by atoms with Gasteiger partial charge in [0.2, 0.25) is 0 Å². The van der Waals surface area contributed by atoms with Gasteiger partial charge < -0.3 is 19.7 Å². The number of pyridine rings is 1. The van der Waals surface area contributed by atoms with Crippen molar-refractivity contribution < 1.29 is 18.3 Å². The fraction of sp³-hybridized carbons (Fsp3) is 0.536. The Morgan fingerprint density at radius 3 is 2.87 bits per heavy atom. The molecular weight excluding hydrogens is 490 g/mol. The molecule has 3 atom stereocenters. The van der Waals surface area contributed by atoms with Gasteiger partial charge in [-0.1, -0.05) is 18.2 Å². The number of anilines is 2. The number of nitrogens with one attached hydrogen (secondary N) is 1. The second-order valence-corrected chi connectivity index (χ2v) is 10.6. The van der Waals surface area contributed by atoms with E-state index in [1.54, 1.807) is 12.1 Å². The van der Waals surface area contributed by atoms with Crippen molar-refractivity contribution in [2.45, 2.75) is 50.8 Å². The fourth-order valence-corrected chi connectivity index (χ4v) is 5.76. The summed E-state index contributed by atoms with van der Waals surface area (Å²) in [4.78, 5) is 9.59. The molecule has 0 bridgehead atoms. The van der Waals surface area contributed by atoms with Crippen LogP contribution in [-0.2, 0) is 15.4 Å². The zero-order valence-electron chi connectivity index (χ0n) is 21.9. The Labute approximate surface area is 221 Å². The number of halogens is 2. The van der Waals surface area contributed by atoms with Crippen molar-refractivity contribution in [3.05, 3.63) is 53.3 Å². The quantitative estimate of drug-likeness (QED) is 0.512. The van der Waals surface area contributed by atoms with E-state index in [0.29, 0.717) is 31.3 Å². The molecule has 202 valence electrons. The van der Waals surface area contributed by atoms with E-state index in [1.807, 2.05) is 26.1 Å². The number of nitrogens with zero attached hydrogens (tertiary/aromatic N) is 5. The minimum Gasteiger partial charge on any atom is -0.378 e. The molecule has 0 spiro atoms. The highest BCUT2D eigenvalue weighted by molar-refractivity contribution is 5.92. The Morgan fingerprint density at radius 2 is 2.03 bits per heavy atom. The van der Waals surface area contributed by atoms with Crippen molar-refractivity contribution in [3.63, 3.8) is 0 Å². The van der Waals surface area contributed by atoms with Gasteiger partial charge in [-0.2, -0.15) is 13.9 Å². The van der Waals surface area contributed by atoms with E-state index in [-0.39, 0.29) is 11.6 Å². The number of ether oxygens (including phenoxy) is 2. The predicted molar refractivity (Wildman–Crippen MR) is 142 cm³/mol. The number of hydrogen-bond acceptors (Lipinski definition) is 8. The van der Waals surface area contributed by atoms with Crippen LogP contribution in [0, 0.1) is 6.92 Å². The van der Waals surface area contributed by atoms with Crippen LogP contribution in [0.3, 0.4) is 0 Å². The lowest BCUT2D eigenvalue weighted by molar-refractivity contribution is -0.122. The molecule has 0 radical (unpaired) electrons. The van der Waals surface area contributed by atoms with E-state index in [1.165, 1.54) is 6.07 Å². The summed E-state index contributed by atoms with van der Waals surface area (Å²) in [5, 5.41) is 13.0. The van der Waals surface area contributed by atoms with Crippen LogP contribution in [-0.4, -0.2) is 78.2 Å². The van der Waals surface area contributed by atoms with Crippen molar-refractivity contribution in [2.24, 2.45) is 0 Å². The number of hydrogen-bond donors (Lipinski definition) is 1. The number of fused-ring (bicyclic) bond motifs is 2. The predicted octanol–water partition coefficient (Wildman–Crippen LogP) is 4.30. The van der Waals surface area contributed by atoms with E-state index >= 15 is 8.78 Å². The lowest BCUT2D eigenvalue weighted by Gasteiger charge is -2.44. The van der Waals surface area contributed by atoms with Gasteiger partial charge in [-0.15, -0.1) is 5.10 Å². The molecule has 10 heteroatoms. The maximum atomic E-state index is 15.1. The van der Waals surface area contributed by atoms with Crippen molar-refractivity contribution in [3.8, 4) is 0 Å². The molecule has 1 aromatic carbocycles. The van der Waals surface area contributed by atoms with Crippen LogP contribution in [0.15, 0.2) is 36.5 Å². The average molecular weight is 525 g/mol. The summed E-state index contributed by atoms with van der Waals surface area (Å²) in [7, 11) is 0. The molecule has 3 aliphatic rings. The van der Waals surface area contributed by atoms with Crippen LogP contribution in [0.25, 0.3) is 10.9 Å². The Bertz CT molecular complexity index is 1300. The summed E-state index contributed by atoms with van der Waals surface area (Å²) in [6.45, 7) is 9.55. The molecule has 3 aliphatic heterocycles. The number of aryl methyl sites for hydroxylation is 1. The highest BCUT2D eigenvalue weighted by atomic mass is 19.3. The Kier molecular flexibility index (Phi) is 6.88. The second kappa shape index (κ2) is 10.3. The molecule has 0 aliphatic carbocycles. The minimum atomic E-state index is -3.03. The molecule has 1 unspecified atom stereocenters. The minimum absolute atomic E-state index is 0.0230. The lowest BCUT2D eigenvalue weighted by Crippen LogP contribution is -2.58. The summed E-state index contributed by atoms with van der Waals surface area (Å²) in [6.07, 6.45) is 1.87. The van der Waals surface area contributed by atoms with Gasteiger partial charge in [-0.3, -0.25) is 9.88 Å². The molecule has 38 heavy (non-hydrogen) atoms. The van der Waals surface area contributed by atoms with Gasteiger partial charge in [0, 0.05) is 43.7 Å². The number of morpholine rings is 1. The normalized spacial score (nSPS) is 23.4.